The maximum atomic E-state index is 12.0. The first kappa shape index (κ1) is 18.9. The number of carboxylic acid groups (broad SMARTS) is 1. The van der Waals surface area contributed by atoms with E-state index in [0.29, 0.717) is 17.0 Å². The first-order chi connectivity index (χ1) is 11.7. The molecule has 1 aliphatic carbocycles. The molecule has 0 unspecified atom stereocenters. The Hall–Kier alpha value is -2.42. The second-order valence-corrected chi connectivity index (χ2v) is 7.69. The minimum absolute atomic E-state index is 0.217. The quantitative estimate of drug-likeness (QED) is 0.803. The van der Waals surface area contributed by atoms with Crippen LogP contribution in [-0.4, -0.2) is 33.8 Å². The van der Waals surface area contributed by atoms with Crippen molar-refractivity contribution in [2.24, 2.45) is 0 Å². The van der Waals surface area contributed by atoms with Crippen LogP contribution in [0.5, 0.6) is 5.75 Å². The predicted molar refractivity (Wildman–Crippen MR) is 96.5 cm³/mol. The van der Waals surface area contributed by atoms with Gasteiger partial charge in [0.1, 0.15) is 24.0 Å². The molecular formula is C19H27N3O3. The van der Waals surface area contributed by atoms with Crippen LogP contribution >= 0.6 is 0 Å². The van der Waals surface area contributed by atoms with Crippen molar-refractivity contribution >= 4 is 11.8 Å². The summed E-state index contributed by atoms with van der Waals surface area (Å²) in [5, 5.41) is 19.2. The summed E-state index contributed by atoms with van der Waals surface area (Å²) in [5.41, 5.74) is 5.37. The summed E-state index contributed by atoms with van der Waals surface area (Å²) in [7, 11) is 0. The van der Waals surface area contributed by atoms with Crippen LogP contribution in [0, 0.1) is 11.3 Å². The molecule has 6 nitrogen and oxygen atoms in total. The Kier molecular flexibility index (Phi) is 5.46. The number of benzene rings is 1. The van der Waals surface area contributed by atoms with E-state index in [1.54, 1.807) is 18.2 Å². The van der Waals surface area contributed by atoms with E-state index >= 15 is 0 Å². The second kappa shape index (κ2) is 7.22. The van der Waals surface area contributed by atoms with Gasteiger partial charge in [0.2, 0.25) is 0 Å². The normalized spacial score (nSPS) is 16.7. The molecule has 1 aliphatic rings. The molecule has 25 heavy (non-hydrogen) atoms. The molecule has 136 valence electrons. The third-order valence-electron chi connectivity index (χ3n) is 4.79. The number of carbonyl (C=O) groups is 1. The van der Waals surface area contributed by atoms with E-state index in [-0.39, 0.29) is 6.61 Å². The lowest BCUT2D eigenvalue weighted by molar-refractivity contribution is -0.0300. The topological polar surface area (TPSA) is 99.6 Å². The molecule has 0 bridgehead atoms. The van der Waals surface area contributed by atoms with Crippen molar-refractivity contribution in [2.75, 3.05) is 12.3 Å². The lowest BCUT2D eigenvalue weighted by Crippen LogP contribution is -2.62. The highest BCUT2D eigenvalue weighted by atomic mass is 16.5. The number of nitriles is 1. The molecule has 0 aliphatic heterocycles. The lowest BCUT2D eigenvalue weighted by Gasteiger charge is -2.50. The van der Waals surface area contributed by atoms with Gasteiger partial charge in [-0.15, -0.1) is 0 Å². The standard InChI is InChI=1S/C19H27N3O3/c1-18(2,3)22(17(23)24)19(10-5-4-6-11-19)13-25-16-9-7-8-15(21)14(16)12-20/h7-9H,4-6,10-11,13,21H2,1-3H3,(H,23,24). The molecule has 1 fully saturated rings. The fourth-order valence-electron chi connectivity index (χ4n) is 3.84. The van der Waals surface area contributed by atoms with Crippen molar-refractivity contribution in [2.45, 2.75) is 64.0 Å². The minimum Gasteiger partial charge on any atom is -0.490 e. The summed E-state index contributed by atoms with van der Waals surface area (Å²) in [6, 6.07) is 7.16. The molecule has 0 heterocycles. The van der Waals surface area contributed by atoms with E-state index in [1.807, 2.05) is 20.8 Å². The van der Waals surface area contributed by atoms with Crippen LogP contribution in [0.2, 0.25) is 0 Å². The lowest BCUT2D eigenvalue weighted by atomic mass is 9.78. The molecule has 1 aromatic rings. The highest BCUT2D eigenvalue weighted by Gasteiger charge is 2.46. The number of nitrogens with zero attached hydrogens (tertiary/aromatic N) is 2. The van der Waals surface area contributed by atoms with Gasteiger partial charge in [-0.05, 0) is 45.7 Å². The first-order valence-corrected chi connectivity index (χ1v) is 8.66. The van der Waals surface area contributed by atoms with E-state index in [9.17, 15) is 15.2 Å². The van der Waals surface area contributed by atoms with Gasteiger partial charge in [-0.3, -0.25) is 4.90 Å². The Bertz CT molecular complexity index is 667. The summed E-state index contributed by atoms with van der Waals surface area (Å²) in [6.07, 6.45) is 3.59. The maximum absolute atomic E-state index is 12.0. The van der Waals surface area contributed by atoms with E-state index < -0.39 is 17.2 Å². The average Bonchev–Trinajstić information content (AvgIpc) is 2.52. The Morgan fingerprint density at radius 3 is 2.52 bits per heavy atom. The largest absolute Gasteiger partial charge is 0.490 e. The predicted octanol–water partition coefficient (Wildman–Crippen LogP) is 4.00. The number of hydrogen-bond donors (Lipinski definition) is 2. The zero-order valence-electron chi connectivity index (χ0n) is 15.2. The van der Waals surface area contributed by atoms with Crippen LogP contribution in [0.15, 0.2) is 18.2 Å². The van der Waals surface area contributed by atoms with Crippen LogP contribution in [-0.2, 0) is 0 Å². The van der Waals surface area contributed by atoms with Crippen molar-refractivity contribution in [3.05, 3.63) is 23.8 Å². The van der Waals surface area contributed by atoms with Gasteiger partial charge in [0, 0.05) is 5.54 Å². The maximum Gasteiger partial charge on any atom is 0.408 e. The molecule has 0 radical (unpaired) electrons. The summed E-state index contributed by atoms with van der Waals surface area (Å²) >= 11 is 0. The summed E-state index contributed by atoms with van der Waals surface area (Å²) < 4.78 is 5.97. The van der Waals surface area contributed by atoms with Crippen LogP contribution in [0.4, 0.5) is 10.5 Å². The molecule has 0 saturated heterocycles. The number of anilines is 1. The number of nitrogen functional groups attached to an aromatic ring is 1. The zero-order chi connectivity index (χ0) is 18.7. The Balaban J connectivity index is 2.35. The van der Waals surface area contributed by atoms with Crippen molar-refractivity contribution < 1.29 is 14.6 Å². The molecule has 0 spiro atoms. The van der Waals surface area contributed by atoms with E-state index in [0.717, 1.165) is 32.1 Å². The van der Waals surface area contributed by atoms with Gasteiger partial charge < -0.3 is 15.6 Å². The molecule has 0 aromatic heterocycles. The number of ether oxygens (including phenoxy) is 1. The number of nitrogens with two attached hydrogens (primary N) is 1. The van der Waals surface area contributed by atoms with E-state index in [2.05, 4.69) is 6.07 Å². The molecule has 1 aromatic carbocycles. The molecular weight excluding hydrogens is 318 g/mol. The monoisotopic (exact) mass is 345 g/mol. The smallest absolute Gasteiger partial charge is 0.408 e. The molecule has 6 heteroatoms. The third kappa shape index (κ3) is 3.98. The number of rotatable bonds is 4. The summed E-state index contributed by atoms with van der Waals surface area (Å²) in [5.74, 6) is 0.409. The van der Waals surface area contributed by atoms with Gasteiger partial charge in [-0.2, -0.15) is 5.26 Å². The van der Waals surface area contributed by atoms with Crippen molar-refractivity contribution in [3.63, 3.8) is 0 Å². The zero-order valence-corrected chi connectivity index (χ0v) is 15.2. The van der Waals surface area contributed by atoms with E-state index in [4.69, 9.17) is 10.5 Å². The SMILES string of the molecule is CC(C)(C)N(C(=O)O)C1(COc2cccc(N)c2C#N)CCCCC1. The minimum atomic E-state index is -0.939. The fraction of sp³-hybridized carbons (Fsp3) is 0.579. The molecule has 2 rings (SSSR count). The third-order valence-corrected chi connectivity index (χ3v) is 4.79. The number of amides is 1. The highest BCUT2D eigenvalue weighted by Crippen LogP contribution is 2.39. The van der Waals surface area contributed by atoms with Gasteiger partial charge >= 0.3 is 6.09 Å². The van der Waals surface area contributed by atoms with Crippen LogP contribution in [0.25, 0.3) is 0 Å². The van der Waals surface area contributed by atoms with Crippen molar-refractivity contribution in [1.82, 2.24) is 4.90 Å². The van der Waals surface area contributed by atoms with Gasteiger partial charge in [-0.1, -0.05) is 25.3 Å². The Morgan fingerprint density at radius 1 is 1.36 bits per heavy atom. The van der Waals surface area contributed by atoms with Crippen molar-refractivity contribution in [3.8, 4) is 11.8 Å². The van der Waals surface area contributed by atoms with E-state index in [1.165, 1.54) is 4.90 Å². The second-order valence-electron chi connectivity index (χ2n) is 7.69. The molecule has 1 saturated carbocycles. The highest BCUT2D eigenvalue weighted by molar-refractivity contribution is 5.67. The summed E-state index contributed by atoms with van der Waals surface area (Å²) in [6.45, 7) is 5.92. The van der Waals surface area contributed by atoms with Crippen LogP contribution in [0.1, 0.15) is 58.4 Å². The summed E-state index contributed by atoms with van der Waals surface area (Å²) in [4.78, 5) is 13.6. The van der Waals surface area contributed by atoms with Gasteiger partial charge in [0.05, 0.1) is 11.2 Å². The Labute approximate surface area is 149 Å². The average molecular weight is 345 g/mol. The van der Waals surface area contributed by atoms with Gasteiger partial charge in [0.15, 0.2) is 0 Å². The van der Waals surface area contributed by atoms with Crippen LogP contribution < -0.4 is 10.5 Å². The molecule has 3 N–H and O–H groups in total. The van der Waals surface area contributed by atoms with Crippen LogP contribution in [0.3, 0.4) is 0 Å². The molecule has 1 amide bonds. The van der Waals surface area contributed by atoms with Gasteiger partial charge in [-0.25, -0.2) is 4.79 Å². The molecule has 0 atom stereocenters. The Morgan fingerprint density at radius 2 is 2.00 bits per heavy atom. The fourth-order valence-corrected chi connectivity index (χ4v) is 3.84. The number of hydrogen-bond acceptors (Lipinski definition) is 4. The first-order valence-electron chi connectivity index (χ1n) is 8.66. The van der Waals surface area contributed by atoms with Crippen molar-refractivity contribution in [1.29, 1.82) is 5.26 Å². The van der Waals surface area contributed by atoms with Gasteiger partial charge in [0.25, 0.3) is 0 Å².